The number of nitrogens with two attached hydrogens (primary N) is 1. The number of carbonyl (C=O) groups is 6. The van der Waals surface area contributed by atoms with Crippen molar-refractivity contribution in [3.05, 3.63) is 36.0 Å². The van der Waals surface area contributed by atoms with Gasteiger partial charge in [0.15, 0.2) is 0 Å². The third-order valence-electron chi connectivity index (χ3n) is 6.24. The fraction of sp³-hybridized carbons (Fsp3) is 0.462. The Morgan fingerprint density at radius 3 is 1.95 bits per heavy atom. The zero-order chi connectivity index (χ0) is 30.5. The fourth-order valence-electron chi connectivity index (χ4n) is 4.02. The molecule has 0 aliphatic heterocycles. The molecule has 2 aromatic rings. The average molecular weight is 594 g/mol. The number of hydrogen-bond donors (Lipinski definition) is 8. The molecule has 4 unspecified atom stereocenters. The topological polar surface area (TPSA) is 241 Å². The van der Waals surface area contributed by atoms with E-state index in [1.807, 2.05) is 24.3 Å². The Morgan fingerprint density at radius 1 is 0.829 bits per heavy atom. The molecular weight excluding hydrogens is 558 g/mol. The van der Waals surface area contributed by atoms with Crippen LogP contribution in [0.3, 0.4) is 0 Å². The maximum Gasteiger partial charge on any atom is 0.326 e. The molecule has 2 rings (SSSR count). The van der Waals surface area contributed by atoms with Gasteiger partial charge in [0, 0.05) is 29.9 Å². The number of carbonyl (C=O) groups excluding carboxylic acids is 3. The largest absolute Gasteiger partial charge is 0.481 e. The lowest BCUT2D eigenvalue weighted by molar-refractivity contribution is -0.144. The van der Waals surface area contributed by atoms with Crippen LogP contribution < -0.4 is 21.7 Å². The Balaban J connectivity index is 2.13. The van der Waals surface area contributed by atoms with Crippen molar-refractivity contribution in [2.24, 2.45) is 5.73 Å². The first kappa shape index (κ1) is 33.1. The molecule has 1 aromatic carbocycles. The molecule has 0 aliphatic carbocycles. The monoisotopic (exact) mass is 593 g/mol. The van der Waals surface area contributed by atoms with Gasteiger partial charge in [0.1, 0.15) is 18.1 Å². The summed E-state index contributed by atoms with van der Waals surface area (Å²) in [5.41, 5.74) is 7.85. The number of fused-ring (bicyclic) bond motifs is 1. The van der Waals surface area contributed by atoms with Crippen LogP contribution in [0.25, 0.3) is 10.9 Å². The molecule has 0 radical (unpaired) electrons. The van der Waals surface area contributed by atoms with E-state index in [0.717, 1.165) is 16.5 Å². The SMILES string of the molecule is CSCCC(NC(=O)C(N)Cc1c[nH]c2ccccc12)C(=O)NC(CCC(=O)O)C(=O)NC(CCC(=O)O)C(=O)O. The third kappa shape index (κ3) is 10.8. The number of carboxylic acid groups (broad SMARTS) is 3. The van der Waals surface area contributed by atoms with Gasteiger partial charge in [-0.2, -0.15) is 11.8 Å². The molecular formula is C26H35N5O9S. The van der Waals surface area contributed by atoms with Gasteiger partial charge in [-0.05, 0) is 49.3 Å². The van der Waals surface area contributed by atoms with Crippen LogP contribution in [0.5, 0.6) is 0 Å². The van der Waals surface area contributed by atoms with Crippen LogP contribution >= 0.6 is 11.8 Å². The normalized spacial score (nSPS) is 13.9. The number of aliphatic carboxylic acids is 3. The summed E-state index contributed by atoms with van der Waals surface area (Å²) in [6.45, 7) is 0. The molecule has 0 saturated heterocycles. The summed E-state index contributed by atoms with van der Waals surface area (Å²) in [4.78, 5) is 75.6. The van der Waals surface area contributed by atoms with Crippen LogP contribution in [-0.4, -0.2) is 92.1 Å². The fourth-order valence-corrected chi connectivity index (χ4v) is 4.49. The summed E-state index contributed by atoms with van der Waals surface area (Å²) in [6.07, 6.45) is 2.05. The molecule has 4 atom stereocenters. The minimum atomic E-state index is -1.57. The molecule has 1 aromatic heterocycles. The van der Waals surface area contributed by atoms with E-state index in [9.17, 15) is 33.9 Å². The van der Waals surface area contributed by atoms with Crippen LogP contribution in [-0.2, 0) is 35.2 Å². The van der Waals surface area contributed by atoms with E-state index in [-0.39, 0.29) is 19.3 Å². The highest BCUT2D eigenvalue weighted by atomic mass is 32.2. The van der Waals surface area contributed by atoms with Gasteiger partial charge in [0.2, 0.25) is 17.7 Å². The first-order chi connectivity index (χ1) is 19.4. The van der Waals surface area contributed by atoms with Crippen molar-refractivity contribution in [2.45, 2.75) is 62.7 Å². The minimum absolute atomic E-state index is 0.169. The van der Waals surface area contributed by atoms with E-state index >= 15 is 0 Å². The molecule has 15 heteroatoms. The molecule has 9 N–H and O–H groups in total. The number of thioether (sulfide) groups is 1. The number of carboxylic acids is 3. The Hall–Kier alpha value is -4.11. The lowest BCUT2D eigenvalue weighted by Gasteiger charge is -2.25. The molecule has 0 bridgehead atoms. The molecule has 3 amide bonds. The highest BCUT2D eigenvalue weighted by molar-refractivity contribution is 7.98. The van der Waals surface area contributed by atoms with Gasteiger partial charge in [-0.1, -0.05) is 18.2 Å². The van der Waals surface area contributed by atoms with Gasteiger partial charge in [0.05, 0.1) is 6.04 Å². The number of amides is 3. The first-order valence-electron chi connectivity index (χ1n) is 12.8. The van der Waals surface area contributed by atoms with Crippen molar-refractivity contribution in [1.82, 2.24) is 20.9 Å². The van der Waals surface area contributed by atoms with Crippen LogP contribution in [0.15, 0.2) is 30.5 Å². The number of benzene rings is 1. The van der Waals surface area contributed by atoms with Gasteiger partial charge in [-0.15, -0.1) is 0 Å². The molecule has 0 saturated carbocycles. The quantitative estimate of drug-likeness (QED) is 0.115. The Kier molecular flexibility index (Phi) is 13.1. The van der Waals surface area contributed by atoms with Crippen LogP contribution in [0, 0.1) is 0 Å². The van der Waals surface area contributed by atoms with E-state index < -0.39 is 79.1 Å². The number of hydrogen-bond acceptors (Lipinski definition) is 8. The van der Waals surface area contributed by atoms with Crippen LogP contribution in [0.2, 0.25) is 0 Å². The van der Waals surface area contributed by atoms with E-state index in [1.54, 1.807) is 12.5 Å². The lowest BCUT2D eigenvalue weighted by atomic mass is 10.0. The summed E-state index contributed by atoms with van der Waals surface area (Å²) in [5.74, 6) is -5.94. The van der Waals surface area contributed by atoms with E-state index in [4.69, 9.17) is 15.9 Å². The number of nitrogens with one attached hydrogen (secondary N) is 4. The maximum absolute atomic E-state index is 13.2. The average Bonchev–Trinajstić information content (AvgIpc) is 3.32. The van der Waals surface area contributed by atoms with Gasteiger partial charge in [-0.3, -0.25) is 24.0 Å². The van der Waals surface area contributed by atoms with Gasteiger partial charge < -0.3 is 42.0 Å². The van der Waals surface area contributed by atoms with Crippen molar-refractivity contribution >= 4 is 58.3 Å². The van der Waals surface area contributed by atoms with Crippen molar-refractivity contribution in [3.63, 3.8) is 0 Å². The third-order valence-corrected chi connectivity index (χ3v) is 6.88. The molecule has 0 aliphatic rings. The second-order valence-electron chi connectivity index (χ2n) is 9.34. The smallest absolute Gasteiger partial charge is 0.326 e. The summed E-state index contributed by atoms with van der Waals surface area (Å²) in [5, 5.41) is 35.4. The molecule has 224 valence electrons. The van der Waals surface area contributed by atoms with Crippen molar-refractivity contribution in [2.75, 3.05) is 12.0 Å². The zero-order valence-electron chi connectivity index (χ0n) is 22.4. The summed E-state index contributed by atoms with van der Waals surface area (Å²) in [7, 11) is 0. The number of para-hydroxylation sites is 1. The Labute approximate surface area is 239 Å². The maximum atomic E-state index is 13.2. The van der Waals surface area contributed by atoms with Gasteiger partial charge >= 0.3 is 17.9 Å². The Bertz CT molecular complexity index is 1250. The predicted molar refractivity (Wildman–Crippen MR) is 150 cm³/mol. The summed E-state index contributed by atoms with van der Waals surface area (Å²) >= 11 is 1.41. The zero-order valence-corrected chi connectivity index (χ0v) is 23.2. The first-order valence-corrected chi connectivity index (χ1v) is 14.2. The molecule has 1 heterocycles. The molecule has 0 fully saturated rings. The predicted octanol–water partition coefficient (Wildman–Crippen LogP) is 0.0594. The van der Waals surface area contributed by atoms with Crippen molar-refractivity contribution in [3.8, 4) is 0 Å². The lowest BCUT2D eigenvalue weighted by Crippen LogP contribution is -2.57. The summed E-state index contributed by atoms with van der Waals surface area (Å²) < 4.78 is 0. The number of rotatable bonds is 18. The van der Waals surface area contributed by atoms with Crippen LogP contribution in [0.1, 0.15) is 37.7 Å². The van der Waals surface area contributed by atoms with E-state index in [0.29, 0.717) is 5.75 Å². The van der Waals surface area contributed by atoms with Crippen LogP contribution in [0.4, 0.5) is 0 Å². The van der Waals surface area contributed by atoms with Crippen molar-refractivity contribution in [1.29, 1.82) is 0 Å². The van der Waals surface area contributed by atoms with E-state index in [2.05, 4.69) is 20.9 Å². The number of aromatic nitrogens is 1. The standard InChI is InChI=1S/C26H35N5O9S/c1-41-11-10-19(29-23(36)16(27)12-14-13-28-17-5-3-2-4-15(14)17)25(38)30-18(6-8-21(32)33)24(37)31-20(26(39)40)7-9-22(34)35/h2-5,13,16,18-20,28H,6-12,27H2,1H3,(H,29,36)(H,30,38)(H,31,37)(H,32,33)(H,34,35)(H,39,40). The Morgan fingerprint density at radius 2 is 1.37 bits per heavy atom. The van der Waals surface area contributed by atoms with E-state index in [1.165, 1.54) is 11.8 Å². The van der Waals surface area contributed by atoms with Gasteiger partial charge in [0.25, 0.3) is 0 Å². The molecule has 14 nitrogen and oxygen atoms in total. The van der Waals surface area contributed by atoms with Gasteiger partial charge in [-0.25, -0.2) is 4.79 Å². The molecule has 41 heavy (non-hydrogen) atoms. The van der Waals surface area contributed by atoms with Crippen molar-refractivity contribution < 1.29 is 44.1 Å². The number of H-pyrrole nitrogens is 1. The minimum Gasteiger partial charge on any atom is -0.481 e. The number of aromatic amines is 1. The highest BCUT2D eigenvalue weighted by Crippen LogP contribution is 2.19. The summed E-state index contributed by atoms with van der Waals surface area (Å²) in [6, 6.07) is 2.34. The molecule has 0 spiro atoms. The highest BCUT2D eigenvalue weighted by Gasteiger charge is 2.31. The second-order valence-corrected chi connectivity index (χ2v) is 10.3. The second kappa shape index (κ2) is 16.2.